The summed E-state index contributed by atoms with van der Waals surface area (Å²) >= 11 is 6.86. The maximum absolute atomic E-state index is 17.2. The molecule has 0 spiro atoms. The van der Waals surface area contributed by atoms with Crippen LogP contribution in [0.25, 0.3) is 27.7 Å². The fraction of sp³-hybridized carbons (Fsp3) is 0.258. The fourth-order valence-electron chi connectivity index (χ4n) is 6.02. The molecule has 2 aromatic heterocycles. The van der Waals surface area contributed by atoms with Gasteiger partial charge in [0.1, 0.15) is 28.9 Å². The lowest BCUT2D eigenvalue weighted by Crippen LogP contribution is -2.58. The number of carbonyl (C=O) groups is 2. The van der Waals surface area contributed by atoms with Crippen molar-refractivity contribution in [1.82, 2.24) is 19.4 Å². The van der Waals surface area contributed by atoms with Crippen LogP contribution in [0, 0.1) is 12.7 Å². The second kappa shape index (κ2) is 10.6. The van der Waals surface area contributed by atoms with Gasteiger partial charge in [-0.25, -0.2) is 9.18 Å². The molecule has 0 bridgehead atoms. The number of aromatic hydroxyl groups is 2. The summed E-state index contributed by atoms with van der Waals surface area (Å²) in [4.78, 5) is 52.2. The Morgan fingerprint density at radius 2 is 1.89 bits per heavy atom. The summed E-state index contributed by atoms with van der Waals surface area (Å²) in [5.74, 6) is -3.11. The Kier molecular flexibility index (Phi) is 7.04. The Bertz CT molecular complexity index is 1960. The van der Waals surface area contributed by atoms with Gasteiger partial charge in [-0.1, -0.05) is 38.1 Å². The number of aryl methyl sites for hydroxylation is 1. The molecule has 2 aliphatic heterocycles. The molecule has 2 amide bonds. The predicted molar refractivity (Wildman–Crippen MR) is 164 cm³/mol. The molecule has 4 heterocycles. The number of hydrogen-bond acceptors (Lipinski definition) is 8. The van der Waals surface area contributed by atoms with Crippen molar-refractivity contribution in [3.05, 3.63) is 75.7 Å². The predicted octanol–water partition coefficient (Wildman–Crippen LogP) is 4.24. The highest BCUT2D eigenvalue weighted by Gasteiger charge is 2.41. The maximum atomic E-state index is 17.2. The summed E-state index contributed by atoms with van der Waals surface area (Å²) in [6.45, 7) is 9.29. The van der Waals surface area contributed by atoms with E-state index < -0.39 is 40.5 Å². The molecule has 44 heavy (non-hydrogen) atoms. The number of amides is 2. The number of nitrogens with zero attached hydrogens (tertiary/aromatic N) is 5. The van der Waals surface area contributed by atoms with E-state index in [0.717, 1.165) is 10.6 Å². The van der Waals surface area contributed by atoms with Crippen LogP contribution >= 0.6 is 11.6 Å². The van der Waals surface area contributed by atoms with Crippen molar-refractivity contribution >= 4 is 45.8 Å². The van der Waals surface area contributed by atoms with Crippen LogP contribution in [0.3, 0.4) is 0 Å². The fourth-order valence-corrected chi connectivity index (χ4v) is 6.33. The zero-order chi connectivity index (χ0) is 31.6. The van der Waals surface area contributed by atoms with E-state index in [4.69, 9.17) is 11.6 Å². The molecule has 4 aromatic rings. The molecule has 3 N–H and O–H groups in total. The minimum atomic E-state index is -1.03. The second-order valence-electron chi connectivity index (χ2n) is 11.0. The first kappa shape index (κ1) is 29.1. The van der Waals surface area contributed by atoms with Gasteiger partial charge in [0.2, 0.25) is 11.8 Å². The number of fused-ring (bicyclic) bond motifs is 2. The highest BCUT2D eigenvalue weighted by molar-refractivity contribution is 6.39. The normalized spacial score (nSPS) is 16.1. The second-order valence-corrected chi connectivity index (χ2v) is 11.4. The Morgan fingerprint density at radius 1 is 1.18 bits per heavy atom. The van der Waals surface area contributed by atoms with E-state index in [-0.39, 0.29) is 64.5 Å². The van der Waals surface area contributed by atoms with Gasteiger partial charge >= 0.3 is 5.69 Å². The SMILES string of the molecule is C=CC(=O)N1CCN2c3nc(=O)n(-c4c(C)ccnc4C(C)C)c4c(F)c(-c5c(O)cccc5O)c(Cl)c(c34)NC(=O)C2C1. The molecule has 2 aliphatic rings. The average Bonchev–Trinajstić information content (AvgIpc) is 3.11. The van der Waals surface area contributed by atoms with Crippen LogP contribution in [0.15, 0.2) is 47.9 Å². The van der Waals surface area contributed by atoms with E-state index in [2.05, 4.69) is 21.9 Å². The number of phenols is 2. The maximum Gasteiger partial charge on any atom is 0.354 e. The third-order valence-corrected chi connectivity index (χ3v) is 8.46. The van der Waals surface area contributed by atoms with Gasteiger partial charge in [0.15, 0.2) is 5.82 Å². The lowest BCUT2D eigenvalue weighted by Gasteiger charge is -2.40. The molecule has 13 heteroatoms. The molecule has 1 atom stereocenters. The number of phenolic OH excluding ortho intramolecular Hbond substituents is 2. The summed E-state index contributed by atoms with van der Waals surface area (Å²) in [5, 5.41) is 24.0. The summed E-state index contributed by atoms with van der Waals surface area (Å²) in [5.41, 5.74) is -0.520. The van der Waals surface area contributed by atoms with Gasteiger partial charge in [-0.05, 0) is 42.7 Å². The Balaban J connectivity index is 1.79. The minimum absolute atomic E-state index is 0.00629. The number of hydrogen-bond donors (Lipinski definition) is 3. The number of carbonyl (C=O) groups excluding carboxylic acids is 2. The number of halogens is 2. The molecule has 1 fully saturated rings. The van der Waals surface area contributed by atoms with Crippen molar-refractivity contribution < 1.29 is 24.2 Å². The van der Waals surface area contributed by atoms with Gasteiger partial charge in [-0.15, -0.1) is 0 Å². The van der Waals surface area contributed by atoms with Crippen LogP contribution < -0.4 is 15.9 Å². The minimum Gasteiger partial charge on any atom is -0.507 e. The summed E-state index contributed by atoms with van der Waals surface area (Å²) < 4.78 is 18.4. The number of anilines is 2. The summed E-state index contributed by atoms with van der Waals surface area (Å²) in [6, 6.07) is 4.56. The molecule has 0 aliphatic carbocycles. The van der Waals surface area contributed by atoms with Crippen molar-refractivity contribution in [2.24, 2.45) is 0 Å². The number of aromatic nitrogens is 3. The van der Waals surface area contributed by atoms with Crippen molar-refractivity contribution in [2.75, 3.05) is 29.9 Å². The first-order chi connectivity index (χ1) is 21.0. The average molecular weight is 619 g/mol. The topological polar surface area (TPSA) is 141 Å². The molecule has 6 rings (SSSR count). The molecule has 11 nitrogen and oxygen atoms in total. The van der Waals surface area contributed by atoms with Crippen molar-refractivity contribution in [2.45, 2.75) is 32.7 Å². The summed E-state index contributed by atoms with van der Waals surface area (Å²) in [6.07, 6.45) is 2.74. The smallest absolute Gasteiger partial charge is 0.354 e. The van der Waals surface area contributed by atoms with Gasteiger partial charge in [0.05, 0.1) is 39.6 Å². The number of nitrogens with one attached hydrogen (secondary N) is 1. The number of pyridine rings is 1. The molecular formula is C31H28ClFN6O5. The zero-order valence-electron chi connectivity index (χ0n) is 24.1. The van der Waals surface area contributed by atoms with Gasteiger partial charge < -0.3 is 25.3 Å². The Labute approximate surface area is 255 Å². The van der Waals surface area contributed by atoms with Crippen LogP contribution in [0.5, 0.6) is 11.5 Å². The molecule has 0 saturated carbocycles. The van der Waals surface area contributed by atoms with Crippen molar-refractivity contribution in [3.8, 4) is 28.3 Å². The highest BCUT2D eigenvalue weighted by Crippen LogP contribution is 2.50. The third-order valence-electron chi connectivity index (χ3n) is 8.08. The van der Waals surface area contributed by atoms with E-state index in [1.807, 2.05) is 13.8 Å². The quantitative estimate of drug-likeness (QED) is 0.289. The molecule has 1 saturated heterocycles. The van der Waals surface area contributed by atoms with E-state index >= 15 is 4.39 Å². The number of piperazine rings is 1. The van der Waals surface area contributed by atoms with Gasteiger partial charge in [-0.3, -0.25) is 19.1 Å². The molecule has 1 unspecified atom stereocenters. The van der Waals surface area contributed by atoms with E-state index in [1.165, 1.54) is 23.1 Å². The molecule has 0 radical (unpaired) electrons. The number of rotatable bonds is 4. The monoisotopic (exact) mass is 618 g/mol. The van der Waals surface area contributed by atoms with E-state index in [9.17, 15) is 24.6 Å². The van der Waals surface area contributed by atoms with Crippen molar-refractivity contribution in [1.29, 1.82) is 0 Å². The Hall–Kier alpha value is -4.97. The molecule has 226 valence electrons. The van der Waals surface area contributed by atoms with Crippen LogP contribution in [0.1, 0.15) is 31.0 Å². The molecule has 2 aromatic carbocycles. The standard InChI is InChI=1S/C31H28ClFN6O5/c1-5-19(42)37-11-12-38-16(13-37)30(43)35-26-22-28(24(33)21(23(26)32)20-17(40)7-6-8-18(20)41)39(31(44)36-29(22)38)27-15(4)9-10-34-25(27)14(2)3/h5-10,14,16,40-41H,1,11-13H2,2-4H3,(H,35,43). The summed E-state index contributed by atoms with van der Waals surface area (Å²) in [7, 11) is 0. The van der Waals surface area contributed by atoms with Crippen molar-refractivity contribution in [3.63, 3.8) is 0 Å². The van der Waals surface area contributed by atoms with Gasteiger partial charge in [-0.2, -0.15) is 4.98 Å². The van der Waals surface area contributed by atoms with E-state index in [1.54, 1.807) is 24.1 Å². The van der Waals surface area contributed by atoms with Crippen LogP contribution in [0.2, 0.25) is 5.02 Å². The lowest BCUT2D eigenvalue weighted by atomic mass is 9.98. The first-order valence-electron chi connectivity index (χ1n) is 13.9. The van der Waals surface area contributed by atoms with E-state index in [0.29, 0.717) is 16.9 Å². The van der Waals surface area contributed by atoms with Gasteiger partial charge in [0.25, 0.3) is 0 Å². The van der Waals surface area contributed by atoms with Crippen LogP contribution in [-0.2, 0) is 9.59 Å². The number of benzene rings is 2. The third kappa shape index (κ3) is 4.28. The van der Waals surface area contributed by atoms with Gasteiger partial charge in [0, 0.05) is 24.8 Å². The largest absolute Gasteiger partial charge is 0.507 e. The Morgan fingerprint density at radius 3 is 2.55 bits per heavy atom. The van der Waals surface area contributed by atoms with Crippen LogP contribution in [0.4, 0.5) is 15.9 Å². The molecular weight excluding hydrogens is 591 g/mol. The highest BCUT2D eigenvalue weighted by atomic mass is 35.5. The van der Waals surface area contributed by atoms with Crippen LogP contribution in [-0.4, -0.2) is 67.1 Å². The lowest BCUT2D eigenvalue weighted by molar-refractivity contribution is -0.128. The zero-order valence-corrected chi connectivity index (χ0v) is 24.8. The first-order valence-corrected chi connectivity index (χ1v) is 14.3.